The van der Waals surface area contributed by atoms with Crippen molar-refractivity contribution >= 4 is 11.9 Å². The maximum Gasteiger partial charge on any atom is 0.266 e. The summed E-state index contributed by atoms with van der Waals surface area (Å²) in [5, 5.41) is 18.5. The number of nitriles is 1. The van der Waals surface area contributed by atoms with Crippen LogP contribution in [0.2, 0.25) is 0 Å². The van der Waals surface area contributed by atoms with Crippen LogP contribution < -0.4 is 5.56 Å². The molecule has 1 heterocycles. The van der Waals surface area contributed by atoms with Crippen LogP contribution in [0.3, 0.4) is 0 Å². The lowest BCUT2D eigenvalue weighted by atomic mass is 10.00. The van der Waals surface area contributed by atoms with E-state index in [1.807, 2.05) is 0 Å². The van der Waals surface area contributed by atoms with Gasteiger partial charge in [0.25, 0.3) is 5.56 Å². The summed E-state index contributed by atoms with van der Waals surface area (Å²) < 4.78 is 0. The largest absolute Gasteiger partial charge is 0.508 e. The molecule has 0 aliphatic carbocycles. The highest BCUT2D eigenvalue weighted by molar-refractivity contribution is 6.11. The molecule has 6 heteroatoms. The van der Waals surface area contributed by atoms with Crippen LogP contribution in [0.1, 0.15) is 27.2 Å². The smallest absolute Gasteiger partial charge is 0.266 e. The predicted molar refractivity (Wildman–Crippen MR) is 86.0 cm³/mol. The standard InChI is InChI=1S/C17H15N3O3/c1-20(2)7-6-15-14(9-12(10-18)17(23)19-15)16(22)11-4-3-5-13(21)8-11/h3-9,21H,1-2H3,(H,19,23)/b7-6+. The van der Waals surface area contributed by atoms with Gasteiger partial charge in [0.1, 0.15) is 17.4 Å². The quantitative estimate of drug-likeness (QED) is 0.838. The highest BCUT2D eigenvalue weighted by atomic mass is 16.3. The molecular formula is C17H15N3O3. The maximum atomic E-state index is 12.7. The minimum Gasteiger partial charge on any atom is -0.508 e. The van der Waals surface area contributed by atoms with Crippen molar-refractivity contribution < 1.29 is 9.90 Å². The molecule has 0 aliphatic rings. The van der Waals surface area contributed by atoms with Crippen LogP contribution >= 0.6 is 0 Å². The lowest BCUT2D eigenvalue weighted by Gasteiger charge is -2.08. The third-order valence-electron chi connectivity index (χ3n) is 3.08. The molecule has 0 fully saturated rings. The molecule has 0 unspecified atom stereocenters. The van der Waals surface area contributed by atoms with Crippen LogP contribution in [0.5, 0.6) is 5.75 Å². The monoisotopic (exact) mass is 309 g/mol. The molecule has 0 atom stereocenters. The van der Waals surface area contributed by atoms with Crippen LogP contribution in [0.15, 0.2) is 41.3 Å². The fourth-order valence-electron chi connectivity index (χ4n) is 1.97. The Morgan fingerprint density at radius 1 is 1.35 bits per heavy atom. The van der Waals surface area contributed by atoms with E-state index < -0.39 is 11.3 Å². The number of nitrogens with zero attached hydrogens (tertiary/aromatic N) is 2. The zero-order chi connectivity index (χ0) is 17.0. The number of phenols is 1. The van der Waals surface area contributed by atoms with Gasteiger partial charge >= 0.3 is 0 Å². The van der Waals surface area contributed by atoms with Crippen molar-refractivity contribution in [3.8, 4) is 11.8 Å². The van der Waals surface area contributed by atoms with E-state index in [4.69, 9.17) is 5.26 Å². The number of benzene rings is 1. The first-order valence-corrected chi connectivity index (χ1v) is 6.78. The van der Waals surface area contributed by atoms with E-state index in [0.717, 1.165) is 0 Å². The van der Waals surface area contributed by atoms with E-state index in [-0.39, 0.29) is 22.4 Å². The van der Waals surface area contributed by atoms with Crippen LogP contribution in [0.25, 0.3) is 6.08 Å². The maximum absolute atomic E-state index is 12.7. The topological polar surface area (TPSA) is 97.2 Å². The van der Waals surface area contributed by atoms with Gasteiger partial charge in [-0.1, -0.05) is 12.1 Å². The summed E-state index contributed by atoms with van der Waals surface area (Å²) in [5.74, 6) is -0.432. The zero-order valence-corrected chi connectivity index (χ0v) is 12.7. The third kappa shape index (κ3) is 3.66. The van der Waals surface area contributed by atoms with Crippen molar-refractivity contribution in [2.45, 2.75) is 0 Å². The Morgan fingerprint density at radius 2 is 2.09 bits per heavy atom. The van der Waals surface area contributed by atoms with Gasteiger partial charge in [0.15, 0.2) is 5.78 Å². The Kier molecular flexibility index (Phi) is 4.62. The summed E-state index contributed by atoms with van der Waals surface area (Å²) in [6.07, 6.45) is 3.26. The normalized spacial score (nSPS) is 10.5. The molecule has 0 bridgehead atoms. The van der Waals surface area contributed by atoms with Gasteiger partial charge in [0, 0.05) is 31.4 Å². The van der Waals surface area contributed by atoms with Gasteiger partial charge in [-0.2, -0.15) is 5.26 Å². The Labute approximate surface area is 132 Å². The van der Waals surface area contributed by atoms with Gasteiger partial charge in [-0.3, -0.25) is 9.59 Å². The molecule has 2 aromatic rings. The second-order valence-electron chi connectivity index (χ2n) is 5.11. The SMILES string of the molecule is CN(C)/C=C/c1[nH]c(=O)c(C#N)cc1C(=O)c1cccc(O)c1. The predicted octanol–water partition coefficient (Wildman–Crippen LogP) is 1.72. The summed E-state index contributed by atoms with van der Waals surface area (Å²) in [4.78, 5) is 28.7. The number of aromatic amines is 1. The minimum absolute atomic E-state index is 0.0360. The Morgan fingerprint density at radius 3 is 2.70 bits per heavy atom. The van der Waals surface area contributed by atoms with Crippen molar-refractivity contribution in [2.75, 3.05) is 14.1 Å². The summed E-state index contributed by atoms with van der Waals surface area (Å²) in [7, 11) is 3.60. The lowest BCUT2D eigenvalue weighted by Crippen LogP contribution is -2.16. The number of H-pyrrole nitrogens is 1. The first-order chi connectivity index (χ1) is 10.9. The van der Waals surface area contributed by atoms with E-state index >= 15 is 0 Å². The molecular weight excluding hydrogens is 294 g/mol. The fourth-order valence-corrected chi connectivity index (χ4v) is 1.97. The van der Waals surface area contributed by atoms with Gasteiger partial charge in [-0.15, -0.1) is 0 Å². The number of pyridine rings is 1. The minimum atomic E-state index is -0.557. The number of hydrogen-bond acceptors (Lipinski definition) is 5. The first-order valence-electron chi connectivity index (χ1n) is 6.78. The molecule has 116 valence electrons. The number of rotatable bonds is 4. The third-order valence-corrected chi connectivity index (χ3v) is 3.08. The second-order valence-corrected chi connectivity index (χ2v) is 5.11. The van der Waals surface area contributed by atoms with Crippen LogP contribution in [-0.4, -0.2) is 34.9 Å². The van der Waals surface area contributed by atoms with E-state index in [2.05, 4.69) is 4.98 Å². The lowest BCUT2D eigenvalue weighted by molar-refractivity contribution is 0.103. The van der Waals surface area contributed by atoms with Crippen LogP contribution in [0, 0.1) is 11.3 Å². The van der Waals surface area contributed by atoms with Crippen molar-refractivity contribution in [1.29, 1.82) is 5.26 Å². The van der Waals surface area contributed by atoms with E-state index in [1.165, 1.54) is 18.2 Å². The molecule has 0 amide bonds. The van der Waals surface area contributed by atoms with Gasteiger partial charge in [-0.05, 0) is 24.3 Å². The number of carbonyl (C=O) groups excluding carboxylic acids is 1. The highest BCUT2D eigenvalue weighted by Gasteiger charge is 2.16. The van der Waals surface area contributed by atoms with E-state index in [1.54, 1.807) is 49.5 Å². The summed E-state index contributed by atoms with van der Waals surface area (Å²) in [5.41, 5.74) is 0.0511. The van der Waals surface area contributed by atoms with Gasteiger partial charge < -0.3 is 15.0 Å². The van der Waals surface area contributed by atoms with Crippen molar-refractivity contribution in [3.63, 3.8) is 0 Å². The molecule has 1 aromatic carbocycles. The molecule has 0 saturated heterocycles. The molecule has 2 N–H and O–H groups in total. The molecule has 0 aliphatic heterocycles. The second kappa shape index (κ2) is 6.62. The Hall–Kier alpha value is -3.33. The Bertz CT molecular complexity index is 873. The molecule has 0 saturated carbocycles. The molecule has 2 rings (SSSR count). The van der Waals surface area contributed by atoms with Crippen LogP contribution in [0.4, 0.5) is 0 Å². The zero-order valence-electron chi connectivity index (χ0n) is 12.7. The molecule has 0 spiro atoms. The highest BCUT2D eigenvalue weighted by Crippen LogP contribution is 2.18. The number of ketones is 1. The number of phenolic OH excluding ortho intramolecular Hbond substituents is 1. The number of carbonyl (C=O) groups is 1. The summed E-state index contributed by atoms with van der Waals surface area (Å²) in [6.45, 7) is 0. The van der Waals surface area contributed by atoms with Crippen molar-refractivity contribution in [2.24, 2.45) is 0 Å². The van der Waals surface area contributed by atoms with E-state index in [9.17, 15) is 14.7 Å². The molecule has 1 aromatic heterocycles. The molecule has 0 radical (unpaired) electrons. The van der Waals surface area contributed by atoms with E-state index in [0.29, 0.717) is 5.69 Å². The molecule has 6 nitrogen and oxygen atoms in total. The summed E-state index contributed by atoms with van der Waals surface area (Å²) >= 11 is 0. The number of hydrogen-bond donors (Lipinski definition) is 2. The first kappa shape index (κ1) is 16.0. The number of nitrogens with one attached hydrogen (secondary N) is 1. The molecule has 23 heavy (non-hydrogen) atoms. The summed E-state index contributed by atoms with van der Waals surface area (Å²) in [6, 6.07) is 8.92. The van der Waals surface area contributed by atoms with Gasteiger partial charge in [0.05, 0.1) is 5.69 Å². The fraction of sp³-hybridized carbons (Fsp3) is 0.118. The Balaban J connectivity index is 2.61. The van der Waals surface area contributed by atoms with Crippen molar-refractivity contribution in [3.05, 3.63) is 69.3 Å². The average Bonchev–Trinajstić information content (AvgIpc) is 2.52. The van der Waals surface area contributed by atoms with Gasteiger partial charge in [0.2, 0.25) is 0 Å². The number of aromatic hydroxyl groups is 1. The average molecular weight is 309 g/mol. The number of aromatic nitrogens is 1. The van der Waals surface area contributed by atoms with Gasteiger partial charge in [-0.25, -0.2) is 0 Å². The van der Waals surface area contributed by atoms with Crippen molar-refractivity contribution in [1.82, 2.24) is 9.88 Å². The van der Waals surface area contributed by atoms with Crippen LogP contribution in [-0.2, 0) is 0 Å².